The molecule has 0 fully saturated rings. The maximum atomic E-state index is 6.00. The summed E-state index contributed by atoms with van der Waals surface area (Å²) in [6.07, 6.45) is 7.65. The lowest BCUT2D eigenvalue weighted by Gasteiger charge is -2.29. The number of aryl methyl sites for hydroxylation is 1. The van der Waals surface area contributed by atoms with Crippen LogP contribution in [0.3, 0.4) is 0 Å². The number of fused-ring (bicyclic) bond motifs is 2. The highest BCUT2D eigenvalue weighted by molar-refractivity contribution is 5.86. The minimum atomic E-state index is 0.762. The maximum Gasteiger partial charge on any atom is 0.143 e. The van der Waals surface area contributed by atoms with Gasteiger partial charge in [-0.05, 0) is 54.4 Å². The largest absolute Gasteiger partial charge is 0.490 e. The Morgan fingerprint density at radius 3 is 2.83 bits per heavy atom. The SMILES string of the molecule is CCC1CCCc2cc3c(c(-c4ccccc4)c2CC1)NCCO3. The molecule has 0 amide bonds. The Hall–Kier alpha value is -1.96. The molecule has 1 unspecified atom stereocenters. The normalized spacial score (nSPS) is 20.0. The van der Waals surface area contributed by atoms with E-state index >= 15 is 0 Å². The monoisotopic (exact) mass is 321 g/mol. The fourth-order valence-corrected chi connectivity index (χ4v) is 4.29. The van der Waals surface area contributed by atoms with Crippen LogP contribution in [0.1, 0.15) is 43.7 Å². The van der Waals surface area contributed by atoms with Crippen LogP contribution >= 0.6 is 0 Å². The van der Waals surface area contributed by atoms with Gasteiger partial charge in [0.05, 0.1) is 5.69 Å². The van der Waals surface area contributed by atoms with Crippen LogP contribution < -0.4 is 10.1 Å². The molecule has 1 atom stereocenters. The van der Waals surface area contributed by atoms with Crippen LogP contribution in [0, 0.1) is 5.92 Å². The van der Waals surface area contributed by atoms with E-state index in [1.54, 1.807) is 5.56 Å². The highest BCUT2D eigenvalue weighted by atomic mass is 16.5. The highest BCUT2D eigenvalue weighted by Gasteiger charge is 2.24. The number of hydrogen-bond donors (Lipinski definition) is 1. The fraction of sp³-hybridized carbons (Fsp3) is 0.455. The van der Waals surface area contributed by atoms with E-state index in [1.165, 1.54) is 60.9 Å². The van der Waals surface area contributed by atoms with Crippen molar-refractivity contribution in [2.75, 3.05) is 18.5 Å². The van der Waals surface area contributed by atoms with E-state index in [0.717, 1.165) is 24.8 Å². The molecule has 0 aromatic heterocycles. The van der Waals surface area contributed by atoms with E-state index in [-0.39, 0.29) is 0 Å². The quantitative estimate of drug-likeness (QED) is 0.794. The minimum absolute atomic E-state index is 0.762. The Morgan fingerprint density at radius 1 is 1.12 bits per heavy atom. The summed E-state index contributed by atoms with van der Waals surface area (Å²) in [5.41, 5.74) is 6.97. The lowest BCUT2D eigenvalue weighted by Crippen LogP contribution is -2.20. The Balaban J connectivity index is 1.87. The second kappa shape index (κ2) is 6.88. The van der Waals surface area contributed by atoms with Crippen LogP contribution in [0.25, 0.3) is 11.1 Å². The third kappa shape index (κ3) is 2.90. The van der Waals surface area contributed by atoms with Crippen LogP contribution in [0.4, 0.5) is 5.69 Å². The second-order valence-electron chi connectivity index (χ2n) is 7.11. The molecule has 2 heteroatoms. The van der Waals surface area contributed by atoms with Crippen molar-refractivity contribution in [2.45, 2.75) is 45.4 Å². The first kappa shape index (κ1) is 15.6. The summed E-state index contributed by atoms with van der Waals surface area (Å²) in [4.78, 5) is 0. The summed E-state index contributed by atoms with van der Waals surface area (Å²) in [6.45, 7) is 3.99. The van der Waals surface area contributed by atoms with E-state index < -0.39 is 0 Å². The molecule has 0 radical (unpaired) electrons. The van der Waals surface area contributed by atoms with Gasteiger partial charge in [-0.3, -0.25) is 0 Å². The standard InChI is InChI=1S/C22H27NO/c1-2-16-7-6-10-18-15-20-22(23-13-14-24-20)21(19(18)12-11-16)17-8-4-3-5-9-17/h3-5,8-9,15-16,23H,2,6-7,10-14H2,1H3. The zero-order valence-corrected chi connectivity index (χ0v) is 14.6. The molecule has 1 aliphatic heterocycles. The second-order valence-corrected chi connectivity index (χ2v) is 7.11. The summed E-state index contributed by atoms with van der Waals surface area (Å²) >= 11 is 0. The van der Waals surface area contributed by atoms with Crippen molar-refractivity contribution >= 4 is 5.69 Å². The first-order valence-corrected chi connectivity index (χ1v) is 9.47. The van der Waals surface area contributed by atoms with Gasteiger partial charge in [-0.2, -0.15) is 0 Å². The van der Waals surface area contributed by atoms with Crippen molar-refractivity contribution in [1.29, 1.82) is 0 Å². The molecule has 0 spiro atoms. The number of hydrogen-bond acceptors (Lipinski definition) is 2. The minimum Gasteiger partial charge on any atom is -0.490 e. The molecule has 0 saturated carbocycles. The average molecular weight is 321 g/mol. The van der Waals surface area contributed by atoms with E-state index in [9.17, 15) is 0 Å². The average Bonchev–Trinajstić information content (AvgIpc) is 2.62. The maximum absolute atomic E-state index is 6.00. The molecule has 1 heterocycles. The molecule has 126 valence electrons. The third-order valence-corrected chi connectivity index (χ3v) is 5.65. The summed E-state index contributed by atoms with van der Waals surface area (Å²) in [5, 5.41) is 3.62. The van der Waals surface area contributed by atoms with Crippen LogP contribution in [0.2, 0.25) is 0 Å². The van der Waals surface area contributed by atoms with Crippen molar-refractivity contribution in [3.8, 4) is 16.9 Å². The third-order valence-electron chi connectivity index (χ3n) is 5.65. The first-order chi connectivity index (χ1) is 11.9. The van der Waals surface area contributed by atoms with Gasteiger partial charge in [0.1, 0.15) is 12.4 Å². The van der Waals surface area contributed by atoms with Crippen LogP contribution in [-0.2, 0) is 12.8 Å². The molecule has 1 aliphatic carbocycles. The Bertz CT molecular complexity index is 708. The smallest absolute Gasteiger partial charge is 0.143 e. The van der Waals surface area contributed by atoms with Crippen molar-refractivity contribution < 1.29 is 4.74 Å². The predicted octanol–water partition coefficient (Wildman–Crippen LogP) is 5.45. The van der Waals surface area contributed by atoms with E-state index in [1.807, 2.05) is 0 Å². The molecular formula is C22H27NO. The van der Waals surface area contributed by atoms with Crippen molar-refractivity contribution in [3.05, 3.63) is 47.5 Å². The van der Waals surface area contributed by atoms with Gasteiger partial charge in [0.25, 0.3) is 0 Å². The molecular weight excluding hydrogens is 294 g/mol. The van der Waals surface area contributed by atoms with E-state index in [4.69, 9.17) is 4.74 Å². The lowest BCUT2D eigenvalue weighted by atomic mass is 9.82. The summed E-state index contributed by atoms with van der Waals surface area (Å²) in [5.74, 6) is 1.92. The van der Waals surface area contributed by atoms with Gasteiger partial charge in [0.15, 0.2) is 0 Å². The number of nitrogens with one attached hydrogen (secondary N) is 1. The summed E-state index contributed by atoms with van der Waals surface area (Å²) in [6, 6.07) is 13.2. The van der Waals surface area contributed by atoms with Gasteiger partial charge in [-0.1, -0.05) is 50.1 Å². The van der Waals surface area contributed by atoms with Crippen LogP contribution in [-0.4, -0.2) is 13.2 Å². The summed E-state index contributed by atoms with van der Waals surface area (Å²) in [7, 11) is 0. The first-order valence-electron chi connectivity index (χ1n) is 9.47. The van der Waals surface area contributed by atoms with Crippen molar-refractivity contribution in [1.82, 2.24) is 0 Å². The zero-order chi connectivity index (χ0) is 16.4. The van der Waals surface area contributed by atoms with Gasteiger partial charge in [-0.15, -0.1) is 0 Å². The van der Waals surface area contributed by atoms with E-state index in [2.05, 4.69) is 48.6 Å². The number of benzene rings is 2. The molecule has 24 heavy (non-hydrogen) atoms. The topological polar surface area (TPSA) is 21.3 Å². The Kier molecular flexibility index (Phi) is 4.46. The zero-order valence-electron chi connectivity index (χ0n) is 14.6. The number of anilines is 1. The van der Waals surface area contributed by atoms with Crippen LogP contribution in [0.15, 0.2) is 36.4 Å². The molecule has 0 saturated heterocycles. The van der Waals surface area contributed by atoms with Crippen molar-refractivity contribution in [2.24, 2.45) is 5.92 Å². The molecule has 2 aromatic rings. The van der Waals surface area contributed by atoms with Crippen LogP contribution in [0.5, 0.6) is 5.75 Å². The van der Waals surface area contributed by atoms with E-state index in [0.29, 0.717) is 0 Å². The molecule has 2 aromatic carbocycles. The van der Waals surface area contributed by atoms with Gasteiger partial charge < -0.3 is 10.1 Å². The number of ether oxygens (including phenoxy) is 1. The lowest BCUT2D eigenvalue weighted by molar-refractivity contribution is 0.322. The molecule has 4 rings (SSSR count). The van der Waals surface area contributed by atoms with Gasteiger partial charge in [0.2, 0.25) is 0 Å². The Labute approximate surface area is 145 Å². The van der Waals surface area contributed by atoms with Gasteiger partial charge in [-0.25, -0.2) is 0 Å². The number of rotatable bonds is 2. The molecule has 2 nitrogen and oxygen atoms in total. The fourth-order valence-electron chi connectivity index (χ4n) is 4.29. The predicted molar refractivity (Wildman–Crippen MR) is 101 cm³/mol. The summed E-state index contributed by atoms with van der Waals surface area (Å²) < 4.78 is 6.00. The van der Waals surface area contributed by atoms with Gasteiger partial charge in [0, 0.05) is 12.1 Å². The Morgan fingerprint density at radius 2 is 2.00 bits per heavy atom. The molecule has 0 bridgehead atoms. The van der Waals surface area contributed by atoms with Gasteiger partial charge >= 0.3 is 0 Å². The molecule has 1 N–H and O–H groups in total. The molecule has 2 aliphatic rings. The highest BCUT2D eigenvalue weighted by Crippen LogP contribution is 2.44. The van der Waals surface area contributed by atoms with Crippen molar-refractivity contribution in [3.63, 3.8) is 0 Å².